The van der Waals surface area contributed by atoms with E-state index < -0.39 is 0 Å². The Kier molecular flexibility index (Phi) is 3.11. The van der Waals surface area contributed by atoms with Gasteiger partial charge < -0.3 is 9.88 Å². The van der Waals surface area contributed by atoms with Crippen LogP contribution in [0.1, 0.15) is 17.3 Å². The molecule has 3 rings (SSSR count). The van der Waals surface area contributed by atoms with Crippen molar-refractivity contribution in [3.8, 4) is 0 Å². The first kappa shape index (κ1) is 11.5. The molecule has 0 radical (unpaired) electrons. The standard InChI is InChI=1S/C13H12Br2N2/c14-10-8-11(15)17-7-6-16-12(13(10)17)9-4-2-1-3-5-9/h1-5,8,12,16H,6-7H2. The van der Waals surface area contributed by atoms with Gasteiger partial charge in [-0.05, 0) is 43.5 Å². The largest absolute Gasteiger partial charge is 0.335 e. The zero-order valence-electron chi connectivity index (χ0n) is 9.16. The average Bonchev–Trinajstić information content (AvgIpc) is 2.66. The first-order valence-electron chi connectivity index (χ1n) is 5.60. The zero-order valence-corrected chi connectivity index (χ0v) is 12.3. The number of rotatable bonds is 1. The van der Waals surface area contributed by atoms with Crippen LogP contribution in [-0.2, 0) is 6.54 Å². The molecule has 0 bridgehead atoms. The summed E-state index contributed by atoms with van der Waals surface area (Å²) in [7, 11) is 0. The third-order valence-electron chi connectivity index (χ3n) is 3.13. The van der Waals surface area contributed by atoms with Crippen LogP contribution in [0.4, 0.5) is 0 Å². The fourth-order valence-corrected chi connectivity index (χ4v) is 3.92. The molecule has 2 nitrogen and oxygen atoms in total. The Balaban J connectivity index is 2.11. The van der Waals surface area contributed by atoms with Gasteiger partial charge in [0, 0.05) is 17.6 Å². The van der Waals surface area contributed by atoms with Crippen LogP contribution in [0.2, 0.25) is 0 Å². The maximum Gasteiger partial charge on any atom is 0.0861 e. The van der Waals surface area contributed by atoms with E-state index in [4.69, 9.17) is 0 Å². The Labute approximate surface area is 117 Å². The van der Waals surface area contributed by atoms with Gasteiger partial charge in [0.1, 0.15) is 0 Å². The summed E-state index contributed by atoms with van der Waals surface area (Å²) >= 11 is 7.26. The van der Waals surface area contributed by atoms with Gasteiger partial charge in [0.05, 0.1) is 16.3 Å². The maximum atomic E-state index is 3.65. The Morgan fingerprint density at radius 3 is 2.71 bits per heavy atom. The molecule has 0 aliphatic carbocycles. The van der Waals surface area contributed by atoms with Crippen LogP contribution >= 0.6 is 31.9 Å². The van der Waals surface area contributed by atoms with E-state index in [1.54, 1.807) is 0 Å². The Morgan fingerprint density at radius 2 is 1.94 bits per heavy atom. The second-order valence-corrected chi connectivity index (χ2v) is 5.82. The van der Waals surface area contributed by atoms with Gasteiger partial charge >= 0.3 is 0 Å². The highest BCUT2D eigenvalue weighted by atomic mass is 79.9. The van der Waals surface area contributed by atoms with Gasteiger partial charge in [0.25, 0.3) is 0 Å². The molecular formula is C13H12Br2N2. The summed E-state index contributed by atoms with van der Waals surface area (Å²) in [6.45, 7) is 2.00. The summed E-state index contributed by atoms with van der Waals surface area (Å²) in [4.78, 5) is 0. The smallest absolute Gasteiger partial charge is 0.0861 e. The summed E-state index contributed by atoms with van der Waals surface area (Å²) < 4.78 is 4.62. The number of halogens is 2. The predicted octanol–water partition coefficient (Wildman–Crippen LogP) is 3.71. The number of hydrogen-bond acceptors (Lipinski definition) is 1. The molecule has 1 unspecified atom stereocenters. The van der Waals surface area contributed by atoms with Crippen LogP contribution < -0.4 is 5.32 Å². The van der Waals surface area contributed by atoms with Gasteiger partial charge in [-0.1, -0.05) is 30.3 Å². The number of hydrogen-bond donors (Lipinski definition) is 1. The zero-order chi connectivity index (χ0) is 11.8. The van der Waals surface area contributed by atoms with Crippen molar-refractivity contribution in [1.82, 2.24) is 9.88 Å². The van der Waals surface area contributed by atoms with Crippen molar-refractivity contribution in [3.63, 3.8) is 0 Å². The molecule has 1 aliphatic rings. The maximum absolute atomic E-state index is 3.65. The SMILES string of the molecule is Brc1cc(Br)n2c1C(c1ccccc1)NCC2. The highest BCUT2D eigenvalue weighted by Crippen LogP contribution is 2.35. The van der Waals surface area contributed by atoms with E-state index in [2.05, 4.69) is 78.1 Å². The van der Waals surface area contributed by atoms with E-state index in [9.17, 15) is 0 Å². The molecule has 0 fully saturated rings. The highest BCUT2D eigenvalue weighted by Gasteiger charge is 2.25. The summed E-state index contributed by atoms with van der Waals surface area (Å²) in [6.07, 6.45) is 0. The molecule has 1 aromatic carbocycles. The molecule has 1 N–H and O–H groups in total. The molecule has 0 spiro atoms. The summed E-state index contributed by atoms with van der Waals surface area (Å²) in [5.74, 6) is 0. The fourth-order valence-electron chi connectivity index (χ4n) is 2.36. The second-order valence-electron chi connectivity index (χ2n) is 4.15. The van der Waals surface area contributed by atoms with Crippen LogP contribution in [0.25, 0.3) is 0 Å². The van der Waals surface area contributed by atoms with E-state index in [0.29, 0.717) is 0 Å². The summed E-state index contributed by atoms with van der Waals surface area (Å²) in [6, 6.07) is 12.9. The molecule has 1 aliphatic heterocycles. The van der Waals surface area contributed by atoms with Crippen molar-refractivity contribution >= 4 is 31.9 Å². The molecule has 1 atom stereocenters. The lowest BCUT2D eigenvalue weighted by molar-refractivity contribution is 0.461. The quantitative estimate of drug-likeness (QED) is 0.825. The minimum Gasteiger partial charge on any atom is -0.335 e. The van der Waals surface area contributed by atoms with Crippen LogP contribution in [0.5, 0.6) is 0 Å². The van der Waals surface area contributed by atoms with E-state index in [0.717, 1.165) is 22.2 Å². The molecule has 2 aromatic rings. The van der Waals surface area contributed by atoms with Crippen LogP contribution in [-0.4, -0.2) is 11.1 Å². The van der Waals surface area contributed by atoms with Crippen molar-refractivity contribution < 1.29 is 0 Å². The van der Waals surface area contributed by atoms with E-state index >= 15 is 0 Å². The van der Waals surface area contributed by atoms with Crippen LogP contribution in [0.15, 0.2) is 45.5 Å². The molecule has 0 saturated carbocycles. The lowest BCUT2D eigenvalue weighted by Crippen LogP contribution is -2.34. The topological polar surface area (TPSA) is 17.0 Å². The monoisotopic (exact) mass is 354 g/mol. The summed E-state index contributed by atoms with van der Waals surface area (Å²) in [5.41, 5.74) is 2.61. The number of nitrogens with zero attached hydrogens (tertiary/aromatic N) is 1. The van der Waals surface area contributed by atoms with Gasteiger partial charge in [-0.2, -0.15) is 0 Å². The number of benzene rings is 1. The Bertz CT molecular complexity index is 534. The molecule has 2 heterocycles. The fraction of sp³-hybridized carbons (Fsp3) is 0.231. The number of aromatic nitrogens is 1. The number of nitrogens with one attached hydrogen (secondary N) is 1. The van der Waals surface area contributed by atoms with Gasteiger partial charge in [-0.25, -0.2) is 0 Å². The Morgan fingerprint density at radius 1 is 1.18 bits per heavy atom. The molecular weight excluding hydrogens is 344 g/mol. The normalized spacial score (nSPS) is 19.1. The minimum atomic E-state index is 0.269. The van der Waals surface area contributed by atoms with Crippen LogP contribution in [0.3, 0.4) is 0 Å². The van der Waals surface area contributed by atoms with E-state index in [1.807, 2.05) is 0 Å². The predicted molar refractivity (Wildman–Crippen MR) is 76.1 cm³/mol. The van der Waals surface area contributed by atoms with Crippen molar-refractivity contribution in [3.05, 3.63) is 56.7 Å². The lowest BCUT2D eigenvalue weighted by Gasteiger charge is -2.27. The third-order valence-corrected chi connectivity index (χ3v) is 4.42. The van der Waals surface area contributed by atoms with Crippen LogP contribution in [0, 0.1) is 0 Å². The molecule has 4 heteroatoms. The number of fused-ring (bicyclic) bond motifs is 1. The minimum absolute atomic E-state index is 0.269. The van der Waals surface area contributed by atoms with Crippen molar-refractivity contribution in [1.29, 1.82) is 0 Å². The molecule has 88 valence electrons. The van der Waals surface area contributed by atoms with Gasteiger partial charge in [-0.3, -0.25) is 0 Å². The van der Waals surface area contributed by atoms with E-state index in [-0.39, 0.29) is 6.04 Å². The van der Waals surface area contributed by atoms with E-state index in [1.165, 1.54) is 11.3 Å². The molecule has 0 saturated heterocycles. The first-order valence-corrected chi connectivity index (χ1v) is 7.19. The van der Waals surface area contributed by atoms with Gasteiger partial charge in [0.15, 0.2) is 0 Å². The van der Waals surface area contributed by atoms with Crippen molar-refractivity contribution in [2.24, 2.45) is 0 Å². The first-order chi connectivity index (χ1) is 8.27. The Hall–Kier alpha value is -0.580. The van der Waals surface area contributed by atoms with Crippen molar-refractivity contribution in [2.75, 3.05) is 6.54 Å². The van der Waals surface area contributed by atoms with Crippen molar-refractivity contribution in [2.45, 2.75) is 12.6 Å². The highest BCUT2D eigenvalue weighted by molar-refractivity contribution is 9.11. The molecule has 17 heavy (non-hydrogen) atoms. The third kappa shape index (κ3) is 1.98. The average molecular weight is 356 g/mol. The second kappa shape index (κ2) is 4.59. The lowest BCUT2D eigenvalue weighted by atomic mass is 10.0. The molecule has 1 aromatic heterocycles. The van der Waals surface area contributed by atoms with Gasteiger partial charge in [-0.15, -0.1) is 0 Å². The van der Waals surface area contributed by atoms with Gasteiger partial charge in [0.2, 0.25) is 0 Å². The summed E-state index contributed by atoms with van der Waals surface area (Å²) in [5, 5.41) is 3.57. The molecule has 0 amide bonds.